The summed E-state index contributed by atoms with van der Waals surface area (Å²) in [6.07, 6.45) is 1.98. The van der Waals surface area contributed by atoms with Crippen LogP contribution in [-0.4, -0.2) is 37.8 Å². The predicted octanol–water partition coefficient (Wildman–Crippen LogP) is 3.00. The second-order valence-electron chi connectivity index (χ2n) is 6.29. The number of methoxy groups -OCH3 is 1. The summed E-state index contributed by atoms with van der Waals surface area (Å²) in [5, 5.41) is 3.35. The van der Waals surface area contributed by atoms with E-state index in [0.29, 0.717) is 12.0 Å². The standard InChI is InChI=1S/C17H31N3O/c1-13(2)12-20(14(3)4)17-15(5)9-16(11-19-17)10-18-7-8-21-6/h9,11,13-14,18H,7-8,10,12H2,1-6H3. The van der Waals surface area contributed by atoms with Gasteiger partial charge in [0.25, 0.3) is 0 Å². The van der Waals surface area contributed by atoms with Crippen LogP contribution in [0.1, 0.15) is 38.8 Å². The zero-order valence-electron chi connectivity index (χ0n) is 14.4. The van der Waals surface area contributed by atoms with Gasteiger partial charge in [-0.15, -0.1) is 0 Å². The molecular formula is C17H31N3O. The van der Waals surface area contributed by atoms with Gasteiger partial charge in [0.15, 0.2) is 0 Å². The minimum absolute atomic E-state index is 0.462. The molecule has 0 bridgehead atoms. The van der Waals surface area contributed by atoms with Gasteiger partial charge in [0.2, 0.25) is 0 Å². The highest BCUT2D eigenvalue weighted by Gasteiger charge is 2.15. The quantitative estimate of drug-likeness (QED) is 0.710. The Hall–Kier alpha value is -1.13. The Kier molecular flexibility index (Phi) is 7.68. The zero-order valence-corrected chi connectivity index (χ0v) is 14.4. The van der Waals surface area contributed by atoms with Crippen LogP contribution in [0.5, 0.6) is 0 Å². The molecule has 4 nitrogen and oxygen atoms in total. The third-order valence-corrected chi connectivity index (χ3v) is 3.38. The average Bonchev–Trinajstić information content (AvgIpc) is 2.41. The lowest BCUT2D eigenvalue weighted by Gasteiger charge is -2.31. The number of ether oxygens (including phenoxy) is 1. The molecule has 0 unspecified atom stereocenters. The van der Waals surface area contributed by atoms with Gasteiger partial charge in [0.1, 0.15) is 5.82 Å². The number of hydrogen-bond donors (Lipinski definition) is 1. The van der Waals surface area contributed by atoms with Crippen molar-refractivity contribution in [1.82, 2.24) is 10.3 Å². The average molecular weight is 293 g/mol. The Balaban J connectivity index is 2.75. The molecule has 21 heavy (non-hydrogen) atoms. The molecule has 0 saturated carbocycles. The second kappa shape index (κ2) is 9.00. The molecule has 1 rings (SSSR count). The summed E-state index contributed by atoms with van der Waals surface area (Å²) in [5.41, 5.74) is 2.47. The van der Waals surface area contributed by atoms with E-state index in [-0.39, 0.29) is 0 Å². The minimum atomic E-state index is 0.462. The first-order chi connectivity index (χ1) is 9.95. The van der Waals surface area contributed by atoms with Gasteiger partial charge in [-0.3, -0.25) is 0 Å². The van der Waals surface area contributed by atoms with Crippen LogP contribution >= 0.6 is 0 Å². The predicted molar refractivity (Wildman–Crippen MR) is 89.9 cm³/mol. The summed E-state index contributed by atoms with van der Waals surface area (Å²) in [7, 11) is 1.72. The van der Waals surface area contributed by atoms with Crippen molar-refractivity contribution in [2.75, 3.05) is 31.7 Å². The Morgan fingerprint density at radius 2 is 2.00 bits per heavy atom. The molecule has 0 saturated heterocycles. The first-order valence-electron chi connectivity index (χ1n) is 7.87. The van der Waals surface area contributed by atoms with Crippen molar-refractivity contribution in [3.63, 3.8) is 0 Å². The number of hydrogen-bond acceptors (Lipinski definition) is 4. The van der Waals surface area contributed by atoms with E-state index in [1.54, 1.807) is 7.11 Å². The Bertz CT molecular complexity index is 418. The van der Waals surface area contributed by atoms with Crippen molar-refractivity contribution < 1.29 is 4.74 Å². The van der Waals surface area contributed by atoms with Crippen molar-refractivity contribution in [3.8, 4) is 0 Å². The van der Waals surface area contributed by atoms with Crippen LogP contribution in [0.15, 0.2) is 12.3 Å². The maximum absolute atomic E-state index is 5.03. The fraction of sp³-hybridized carbons (Fsp3) is 0.706. The number of rotatable bonds is 9. The van der Waals surface area contributed by atoms with Gasteiger partial charge in [-0.05, 0) is 43.9 Å². The smallest absolute Gasteiger partial charge is 0.131 e. The van der Waals surface area contributed by atoms with Gasteiger partial charge < -0.3 is 15.0 Å². The van der Waals surface area contributed by atoms with Gasteiger partial charge in [-0.1, -0.05) is 13.8 Å². The van der Waals surface area contributed by atoms with Crippen molar-refractivity contribution in [2.24, 2.45) is 5.92 Å². The number of nitrogens with one attached hydrogen (secondary N) is 1. The van der Waals surface area contributed by atoms with Gasteiger partial charge in [-0.25, -0.2) is 4.98 Å². The molecule has 0 spiro atoms. The fourth-order valence-corrected chi connectivity index (χ4v) is 2.37. The molecule has 1 aromatic rings. The summed E-state index contributed by atoms with van der Waals surface area (Å²) in [4.78, 5) is 7.10. The summed E-state index contributed by atoms with van der Waals surface area (Å²) < 4.78 is 5.03. The molecule has 0 atom stereocenters. The minimum Gasteiger partial charge on any atom is -0.383 e. The third-order valence-electron chi connectivity index (χ3n) is 3.38. The SMILES string of the molecule is COCCNCc1cnc(N(CC(C)C)C(C)C)c(C)c1. The molecule has 120 valence electrons. The number of nitrogens with zero attached hydrogens (tertiary/aromatic N) is 2. The van der Waals surface area contributed by atoms with Crippen molar-refractivity contribution in [3.05, 3.63) is 23.4 Å². The monoisotopic (exact) mass is 293 g/mol. The van der Waals surface area contributed by atoms with Gasteiger partial charge in [-0.2, -0.15) is 0 Å². The van der Waals surface area contributed by atoms with E-state index in [0.717, 1.165) is 32.1 Å². The maximum atomic E-state index is 5.03. The normalized spacial score (nSPS) is 11.4. The Morgan fingerprint density at radius 1 is 1.29 bits per heavy atom. The second-order valence-corrected chi connectivity index (χ2v) is 6.29. The van der Waals surface area contributed by atoms with E-state index in [4.69, 9.17) is 9.72 Å². The van der Waals surface area contributed by atoms with Gasteiger partial charge >= 0.3 is 0 Å². The Morgan fingerprint density at radius 3 is 2.52 bits per heavy atom. The van der Waals surface area contributed by atoms with Crippen LogP contribution in [0.4, 0.5) is 5.82 Å². The molecule has 4 heteroatoms. The first kappa shape index (κ1) is 17.9. The van der Waals surface area contributed by atoms with Crippen LogP contribution in [0, 0.1) is 12.8 Å². The lowest BCUT2D eigenvalue weighted by atomic mass is 10.1. The number of aromatic nitrogens is 1. The molecule has 1 N–H and O–H groups in total. The largest absolute Gasteiger partial charge is 0.383 e. The van der Waals surface area contributed by atoms with Crippen LogP contribution in [0.2, 0.25) is 0 Å². The highest BCUT2D eigenvalue weighted by molar-refractivity contribution is 5.48. The number of aryl methyl sites for hydroxylation is 1. The molecule has 0 aromatic carbocycles. The van der Waals surface area contributed by atoms with E-state index in [2.05, 4.69) is 50.9 Å². The number of anilines is 1. The van der Waals surface area contributed by atoms with E-state index in [1.807, 2.05) is 6.20 Å². The molecule has 0 aliphatic rings. The Labute approximate surface area is 129 Å². The van der Waals surface area contributed by atoms with E-state index in [9.17, 15) is 0 Å². The third kappa shape index (κ3) is 6.02. The van der Waals surface area contributed by atoms with Crippen LogP contribution in [0.25, 0.3) is 0 Å². The lowest BCUT2D eigenvalue weighted by Crippen LogP contribution is -2.35. The van der Waals surface area contributed by atoms with Gasteiger partial charge in [0.05, 0.1) is 6.61 Å². The molecule has 0 fully saturated rings. The zero-order chi connectivity index (χ0) is 15.8. The molecule has 0 radical (unpaired) electrons. The highest BCUT2D eigenvalue weighted by atomic mass is 16.5. The highest BCUT2D eigenvalue weighted by Crippen LogP contribution is 2.21. The van der Waals surface area contributed by atoms with Crippen molar-refractivity contribution in [1.29, 1.82) is 0 Å². The van der Waals surface area contributed by atoms with Crippen molar-refractivity contribution >= 4 is 5.82 Å². The fourth-order valence-electron chi connectivity index (χ4n) is 2.37. The summed E-state index contributed by atoms with van der Waals surface area (Å²) in [6.45, 7) is 14.6. The molecule has 0 aliphatic heterocycles. The first-order valence-corrected chi connectivity index (χ1v) is 7.87. The van der Waals surface area contributed by atoms with E-state index >= 15 is 0 Å². The summed E-state index contributed by atoms with van der Waals surface area (Å²) >= 11 is 0. The van der Waals surface area contributed by atoms with Crippen LogP contribution in [0.3, 0.4) is 0 Å². The molecule has 1 heterocycles. The molecule has 1 aromatic heterocycles. The number of pyridine rings is 1. The summed E-state index contributed by atoms with van der Waals surface area (Å²) in [5.74, 6) is 1.74. The van der Waals surface area contributed by atoms with Crippen LogP contribution in [-0.2, 0) is 11.3 Å². The van der Waals surface area contributed by atoms with E-state index in [1.165, 1.54) is 11.1 Å². The lowest BCUT2D eigenvalue weighted by molar-refractivity contribution is 0.199. The van der Waals surface area contributed by atoms with E-state index < -0.39 is 0 Å². The molecule has 0 amide bonds. The van der Waals surface area contributed by atoms with Gasteiger partial charge in [0, 0.05) is 39.0 Å². The molecular weight excluding hydrogens is 262 g/mol. The summed E-state index contributed by atoms with van der Waals surface area (Å²) in [6, 6.07) is 2.70. The molecule has 0 aliphatic carbocycles. The van der Waals surface area contributed by atoms with Crippen molar-refractivity contribution in [2.45, 2.75) is 47.2 Å². The maximum Gasteiger partial charge on any atom is 0.131 e. The topological polar surface area (TPSA) is 37.4 Å². The van der Waals surface area contributed by atoms with Crippen LogP contribution < -0.4 is 10.2 Å².